The van der Waals surface area contributed by atoms with Crippen LogP contribution in [-0.4, -0.2) is 12.5 Å². The molecule has 0 bridgehead atoms. The average molecular weight is 293 g/mol. The predicted molar refractivity (Wildman–Crippen MR) is 79.7 cm³/mol. The Hall–Kier alpha value is -1.49. The van der Waals surface area contributed by atoms with Crippen molar-refractivity contribution in [1.29, 1.82) is 0 Å². The molecule has 0 spiro atoms. The Balaban J connectivity index is 2.07. The molecule has 5 heteroatoms. The molecule has 0 aliphatic rings. The molecule has 0 radical (unpaired) electrons. The Morgan fingerprint density at radius 2 is 1.84 bits per heavy atom. The van der Waals surface area contributed by atoms with E-state index < -0.39 is 0 Å². The maximum Gasteiger partial charge on any atom is 0.238 e. The number of hydrogen-bond donors (Lipinski definition) is 2. The number of anilines is 1. The lowest BCUT2D eigenvalue weighted by Gasteiger charge is -2.06. The van der Waals surface area contributed by atoms with Gasteiger partial charge in [-0.2, -0.15) is 0 Å². The van der Waals surface area contributed by atoms with E-state index in [0.29, 0.717) is 0 Å². The van der Waals surface area contributed by atoms with Crippen LogP contribution in [0.1, 0.15) is 0 Å². The third-order valence-corrected chi connectivity index (χ3v) is 3.91. The van der Waals surface area contributed by atoms with Crippen LogP contribution >= 0.6 is 23.4 Å². The highest BCUT2D eigenvalue weighted by atomic mass is 35.5. The van der Waals surface area contributed by atoms with E-state index in [2.05, 4.69) is 5.32 Å². The first kappa shape index (κ1) is 13.9. The van der Waals surface area contributed by atoms with Gasteiger partial charge in [0, 0.05) is 15.5 Å². The van der Waals surface area contributed by atoms with Crippen LogP contribution in [0.5, 0.6) is 0 Å². The molecular weight excluding hydrogens is 280 g/mol. The van der Waals surface area contributed by atoms with Crippen molar-refractivity contribution < 1.29 is 4.79 Å². The van der Waals surface area contributed by atoms with Gasteiger partial charge in [0.25, 0.3) is 0 Å². The Morgan fingerprint density at radius 1 is 1.16 bits per heavy atom. The van der Waals surface area contributed by atoms with Crippen LogP contribution < -0.4 is 11.1 Å². The minimum Gasteiger partial charge on any atom is -0.325 e. The molecule has 2 aromatic carbocycles. The van der Waals surface area contributed by atoms with Crippen molar-refractivity contribution in [3.05, 3.63) is 53.6 Å². The second-order valence-corrected chi connectivity index (χ2v) is 5.33. The standard InChI is InChI=1S/C14H13ClN2OS/c15-12-3-1-2-4-13(12)19-11-7-5-10(6-8-11)17-14(18)9-16/h1-8H,9,16H2,(H,17,18). The second-order valence-electron chi connectivity index (χ2n) is 3.81. The minimum atomic E-state index is -0.202. The number of nitrogens with one attached hydrogen (secondary N) is 1. The van der Waals surface area contributed by atoms with Gasteiger partial charge in [-0.15, -0.1) is 0 Å². The topological polar surface area (TPSA) is 55.1 Å². The molecule has 0 atom stereocenters. The van der Waals surface area contributed by atoms with Gasteiger partial charge >= 0.3 is 0 Å². The van der Waals surface area contributed by atoms with Gasteiger partial charge in [-0.25, -0.2) is 0 Å². The van der Waals surface area contributed by atoms with E-state index >= 15 is 0 Å². The first-order valence-electron chi connectivity index (χ1n) is 5.71. The van der Waals surface area contributed by atoms with E-state index in [1.165, 1.54) is 0 Å². The van der Waals surface area contributed by atoms with Crippen molar-refractivity contribution in [2.75, 3.05) is 11.9 Å². The smallest absolute Gasteiger partial charge is 0.238 e. The number of amides is 1. The molecule has 0 aromatic heterocycles. The molecule has 2 rings (SSSR count). The summed E-state index contributed by atoms with van der Waals surface area (Å²) in [6.45, 7) is -0.0177. The fraction of sp³-hybridized carbons (Fsp3) is 0.0714. The Kier molecular flexibility index (Phi) is 4.85. The van der Waals surface area contributed by atoms with E-state index in [4.69, 9.17) is 17.3 Å². The SMILES string of the molecule is NCC(=O)Nc1ccc(Sc2ccccc2Cl)cc1. The summed E-state index contributed by atoms with van der Waals surface area (Å²) < 4.78 is 0. The highest BCUT2D eigenvalue weighted by Gasteiger charge is 2.03. The molecule has 0 aliphatic carbocycles. The van der Waals surface area contributed by atoms with Crippen LogP contribution in [0, 0.1) is 0 Å². The molecule has 1 amide bonds. The predicted octanol–water partition coefficient (Wildman–Crippen LogP) is 3.39. The lowest BCUT2D eigenvalue weighted by molar-refractivity contribution is -0.114. The molecule has 19 heavy (non-hydrogen) atoms. The van der Waals surface area contributed by atoms with Crippen LogP contribution in [0.15, 0.2) is 58.3 Å². The summed E-state index contributed by atoms with van der Waals surface area (Å²) in [5.74, 6) is -0.202. The summed E-state index contributed by atoms with van der Waals surface area (Å²) in [6.07, 6.45) is 0. The fourth-order valence-electron chi connectivity index (χ4n) is 1.47. The lowest BCUT2D eigenvalue weighted by Crippen LogP contribution is -2.21. The molecule has 0 fully saturated rings. The number of nitrogens with two attached hydrogens (primary N) is 1. The molecule has 3 nitrogen and oxygen atoms in total. The van der Waals surface area contributed by atoms with Crippen LogP contribution in [-0.2, 0) is 4.79 Å². The third-order valence-electron chi connectivity index (χ3n) is 2.39. The normalized spacial score (nSPS) is 10.2. The van der Waals surface area contributed by atoms with Crippen molar-refractivity contribution in [2.45, 2.75) is 9.79 Å². The van der Waals surface area contributed by atoms with Crippen LogP contribution in [0.25, 0.3) is 0 Å². The van der Waals surface area contributed by atoms with Gasteiger partial charge in [0.15, 0.2) is 0 Å². The number of benzene rings is 2. The number of carbonyl (C=O) groups is 1. The fourth-order valence-corrected chi connectivity index (χ4v) is 2.56. The summed E-state index contributed by atoms with van der Waals surface area (Å²) in [7, 11) is 0. The van der Waals surface area contributed by atoms with Gasteiger partial charge in [-0.05, 0) is 36.4 Å². The lowest BCUT2D eigenvalue weighted by atomic mass is 10.3. The molecular formula is C14H13ClN2OS. The largest absolute Gasteiger partial charge is 0.325 e. The summed E-state index contributed by atoms with van der Waals surface area (Å²) in [5, 5.41) is 3.42. The van der Waals surface area contributed by atoms with E-state index in [9.17, 15) is 4.79 Å². The first-order chi connectivity index (χ1) is 9.19. The zero-order valence-electron chi connectivity index (χ0n) is 10.1. The quantitative estimate of drug-likeness (QED) is 0.908. The Morgan fingerprint density at radius 3 is 2.47 bits per heavy atom. The molecule has 3 N–H and O–H groups in total. The van der Waals surface area contributed by atoms with Crippen molar-refractivity contribution in [1.82, 2.24) is 0 Å². The maximum absolute atomic E-state index is 11.1. The van der Waals surface area contributed by atoms with E-state index in [1.807, 2.05) is 48.5 Å². The summed E-state index contributed by atoms with van der Waals surface area (Å²) >= 11 is 7.68. The zero-order chi connectivity index (χ0) is 13.7. The highest BCUT2D eigenvalue weighted by Crippen LogP contribution is 2.33. The maximum atomic E-state index is 11.1. The third kappa shape index (κ3) is 3.99. The number of rotatable bonds is 4. The van der Waals surface area contributed by atoms with E-state index in [0.717, 1.165) is 20.5 Å². The van der Waals surface area contributed by atoms with E-state index in [1.54, 1.807) is 11.8 Å². The second kappa shape index (κ2) is 6.61. The van der Waals surface area contributed by atoms with Gasteiger partial charge in [-0.1, -0.05) is 35.5 Å². The Bertz CT molecular complexity index is 572. The molecule has 0 saturated carbocycles. The molecule has 0 saturated heterocycles. The minimum absolute atomic E-state index is 0.0177. The highest BCUT2D eigenvalue weighted by molar-refractivity contribution is 7.99. The van der Waals surface area contributed by atoms with Gasteiger partial charge in [0.2, 0.25) is 5.91 Å². The molecule has 98 valence electrons. The van der Waals surface area contributed by atoms with Gasteiger partial charge in [-0.3, -0.25) is 4.79 Å². The van der Waals surface area contributed by atoms with E-state index in [-0.39, 0.29) is 12.5 Å². The number of carbonyl (C=O) groups excluding carboxylic acids is 1. The van der Waals surface area contributed by atoms with Crippen LogP contribution in [0.2, 0.25) is 5.02 Å². The first-order valence-corrected chi connectivity index (χ1v) is 6.91. The Labute approximate surface area is 121 Å². The molecule has 0 heterocycles. The molecule has 2 aromatic rings. The van der Waals surface area contributed by atoms with Crippen molar-refractivity contribution in [2.24, 2.45) is 5.73 Å². The summed E-state index contributed by atoms with van der Waals surface area (Å²) in [6, 6.07) is 15.2. The van der Waals surface area contributed by atoms with Crippen LogP contribution in [0.4, 0.5) is 5.69 Å². The number of hydrogen-bond acceptors (Lipinski definition) is 3. The number of halogens is 1. The van der Waals surface area contributed by atoms with Gasteiger partial charge in [0.1, 0.15) is 0 Å². The van der Waals surface area contributed by atoms with Crippen LogP contribution in [0.3, 0.4) is 0 Å². The molecule has 0 aliphatic heterocycles. The van der Waals surface area contributed by atoms with Gasteiger partial charge in [0.05, 0.1) is 11.6 Å². The summed E-state index contributed by atoms with van der Waals surface area (Å²) in [5.41, 5.74) is 5.97. The summed E-state index contributed by atoms with van der Waals surface area (Å²) in [4.78, 5) is 13.2. The zero-order valence-corrected chi connectivity index (χ0v) is 11.7. The molecule has 0 unspecified atom stereocenters. The van der Waals surface area contributed by atoms with Crippen molar-refractivity contribution in [3.8, 4) is 0 Å². The average Bonchev–Trinajstić information content (AvgIpc) is 2.43. The van der Waals surface area contributed by atoms with Crippen molar-refractivity contribution >= 4 is 35.0 Å². The van der Waals surface area contributed by atoms with Gasteiger partial charge < -0.3 is 11.1 Å². The monoisotopic (exact) mass is 292 g/mol. The van der Waals surface area contributed by atoms with Crippen molar-refractivity contribution in [3.63, 3.8) is 0 Å².